The van der Waals surface area contributed by atoms with Gasteiger partial charge in [0.15, 0.2) is 0 Å². The Morgan fingerprint density at radius 3 is 2.44 bits per heavy atom. The molecule has 0 bridgehead atoms. The normalized spacial score (nSPS) is 10.4. The third-order valence-corrected chi connectivity index (χ3v) is 2.45. The maximum Gasteiger partial charge on any atom is 0.250 e. The highest BCUT2D eigenvalue weighted by Crippen LogP contribution is 2.23. The molecule has 0 aromatic carbocycles. The number of aromatic nitrogens is 5. The van der Waals surface area contributed by atoms with Crippen molar-refractivity contribution >= 4 is 5.69 Å². The average molecular weight is 238 g/mol. The molecule has 18 heavy (non-hydrogen) atoms. The summed E-state index contributed by atoms with van der Waals surface area (Å²) < 4.78 is 1.56. The van der Waals surface area contributed by atoms with E-state index in [2.05, 4.69) is 20.1 Å². The summed E-state index contributed by atoms with van der Waals surface area (Å²) in [6, 6.07) is 5.46. The smallest absolute Gasteiger partial charge is 0.250 e. The van der Waals surface area contributed by atoms with E-state index in [1.165, 1.54) is 0 Å². The number of nitrogens with two attached hydrogens (primary N) is 1. The van der Waals surface area contributed by atoms with E-state index in [1.54, 1.807) is 41.7 Å². The molecule has 0 aliphatic carbocycles. The molecular formula is C12H10N6. The quantitative estimate of drug-likeness (QED) is 0.727. The van der Waals surface area contributed by atoms with Crippen molar-refractivity contribution in [2.75, 3.05) is 5.73 Å². The molecule has 0 aliphatic rings. The summed E-state index contributed by atoms with van der Waals surface area (Å²) in [5, 5.41) is 4.39. The first-order valence-electron chi connectivity index (χ1n) is 5.37. The van der Waals surface area contributed by atoms with Crippen LogP contribution in [0.3, 0.4) is 0 Å². The molecule has 0 saturated heterocycles. The van der Waals surface area contributed by atoms with Crippen molar-refractivity contribution in [3.05, 3.63) is 49.2 Å². The van der Waals surface area contributed by atoms with Gasteiger partial charge in [0.25, 0.3) is 5.95 Å². The Kier molecular flexibility index (Phi) is 2.45. The summed E-state index contributed by atoms with van der Waals surface area (Å²) >= 11 is 0. The Balaban J connectivity index is 2.07. The van der Waals surface area contributed by atoms with Crippen molar-refractivity contribution in [3.8, 4) is 17.2 Å². The zero-order chi connectivity index (χ0) is 12.4. The topological polar surface area (TPSA) is 82.5 Å². The van der Waals surface area contributed by atoms with Crippen LogP contribution in [-0.4, -0.2) is 24.7 Å². The van der Waals surface area contributed by atoms with E-state index in [-0.39, 0.29) is 0 Å². The van der Waals surface area contributed by atoms with E-state index in [9.17, 15) is 0 Å². The molecular weight excluding hydrogens is 228 g/mol. The van der Waals surface area contributed by atoms with Crippen molar-refractivity contribution in [2.24, 2.45) is 0 Å². The van der Waals surface area contributed by atoms with Crippen molar-refractivity contribution in [1.29, 1.82) is 0 Å². The molecule has 0 radical (unpaired) electrons. The van der Waals surface area contributed by atoms with Gasteiger partial charge in [-0.25, -0.2) is 14.6 Å². The minimum absolute atomic E-state index is 0.490. The Hall–Kier alpha value is -2.76. The zero-order valence-corrected chi connectivity index (χ0v) is 9.43. The molecule has 0 aliphatic heterocycles. The van der Waals surface area contributed by atoms with Crippen molar-refractivity contribution in [2.45, 2.75) is 0 Å². The molecule has 3 aromatic rings. The van der Waals surface area contributed by atoms with Gasteiger partial charge in [0, 0.05) is 30.4 Å². The van der Waals surface area contributed by atoms with Crippen LogP contribution in [0.25, 0.3) is 17.2 Å². The molecule has 0 amide bonds. The number of rotatable bonds is 2. The molecule has 0 unspecified atom stereocenters. The molecule has 3 rings (SSSR count). The molecule has 3 aromatic heterocycles. The molecule has 2 N–H and O–H groups in total. The predicted octanol–water partition coefficient (Wildman–Crippen LogP) is 1.31. The van der Waals surface area contributed by atoms with Crippen LogP contribution in [0.2, 0.25) is 0 Å². The summed E-state index contributed by atoms with van der Waals surface area (Å²) in [7, 11) is 0. The largest absolute Gasteiger partial charge is 0.396 e. The SMILES string of the molecule is Nc1cn(-c2ncccn2)nc1-c1ccncc1. The number of hydrogen-bond acceptors (Lipinski definition) is 5. The predicted molar refractivity (Wildman–Crippen MR) is 66.8 cm³/mol. The van der Waals surface area contributed by atoms with E-state index in [1.807, 2.05) is 12.1 Å². The summed E-state index contributed by atoms with van der Waals surface area (Å²) in [6.45, 7) is 0. The molecule has 0 fully saturated rings. The lowest BCUT2D eigenvalue weighted by molar-refractivity contribution is 0.811. The van der Waals surface area contributed by atoms with Crippen molar-refractivity contribution < 1.29 is 0 Å². The lowest BCUT2D eigenvalue weighted by Crippen LogP contribution is -2.00. The zero-order valence-electron chi connectivity index (χ0n) is 9.43. The van der Waals surface area contributed by atoms with Gasteiger partial charge in [-0.05, 0) is 18.2 Å². The summed E-state index contributed by atoms with van der Waals surface area (Å²) in [4.78, 5) is 12.2. The van der Waals surface area contributed by atoms with Gasteiger partial charge in [-0.15, -0.1) is 0 Å². The van der Waals surface area contributed by atoms with Crippen LogP contribution >= 0.6 is 0 Å². The van der Waals surface area contributed by atoms with Crippen LogP contribution in [0.4, 0.5) is 5.69 Å². The Morgan fingerprint density at radius 2 is 1.72 bits per heavy atom. The number of anilines is 1. The summed E-state index contributed by atoms with van der Waals surface area (Å²) in [6.07, 6.45) is 8.42. The minimum Gasteiger partial charge on any atom is -0.396 e. The second kappa shape index (κ2) is 4.25. The Morgan fingerprint density at radius 1 is 1.00 bits per heavy atom. The van der Waals surface area contributed by atoms with E-state index in [0.717, 1.165) is 5.56 Å². The van der Waals surface area contributed by atoms with Gasteiger partial charge >= 0.3 is 0 Å². The van der Waals surface area contributed by atoms with Gasteiger partial charge < -0.3 is 5.73 Å². The average Bonchev–Trinajstić information content (AvgIpc) is 2.83. The van der Waals surface area contributed by atoms with Crippen LogP contribution in [0.15, 0.2) is 49.2 Å². The van der Waals surface area contributed by atoms with E-state index in [0.29, 0.717) is 17.3 Å². The fourth-order valence-corrected chi connectivity index (χ4v) is 1.63. The van der Waals surface area contributed by atoms with Crippen LogP contribution in [0.5, 0.6) is 0 Å². The molecule has 6 heteroatoms. The van der Waals surface area contributed by atoms with Crippen LogP contribution in [-0.2, 0) is 0 Å². The summed E-state index contributed by atoms with van der Waals surface area (Å²) in [5.41, 5.74) is 8.14. The van der Waals surface area contributed by atoms with Crippen LogP contribution < -0.4 is 5.73 Å². The standard InChI is InChI=1S/C12H10N6/c13-10-8-18(12-15-4-1-5-16-12)17-11(10)9-2-6-14-7-3-9/h1-8H,13H2. The number of pyridine rings is 1. The van der Waals surface area contributed by atoms with Gasteiger partial charge in [-0.3, -0.25) is 4.98 Å². The minimum atomic E-state index is 0.490. The lowest BCUT2D eigenvalue weighted by Gasteiger charge is -1.97. The fourth-order valence-electron chi connectivity index (χ4n) is 1.63. The maximum absolute atomic E-state index is 5.95. The van der Waals surface area contributed by atoms with Crippen LogP contribution in [0, 0.1) is 0 Å². The van der Waals surface area contributed by atoms with Crippen molar-refractivity contribution in [1.82, 2.24) is 24.7 Å². The monoisotopic (exact) mass is 238 g/mol. The number of hydrogen-bond donors (Lipinski definition) is 1. The Labute approximate surface area is 103 Å². The van der Waals surface area contributed by atoms with Gasteiger partial charge in [0.1, 0.15) is 5.69 Å². The van der Waals surface area contributed by atoms with Gasteiger partial charge in [-0.2, -0.15) is 5.10 Å². The first kappa shape index (κ1) is 10.4. The third kappa shape index (κ3) is 1.80. The Bertz CT molecular complexity index is 647. The molecule has 3 heterocycles. The molecule has 88 valence electrons. The second-order valence-corrected chi connectivity index (χ2v) is 3.66. The fraction of sp³-hybridized carbons (Fsp3) is 0. The van der Waals surface area contributed by atoms with E-state index < -0.39 is 0 Å². The van der Waals surface area contributed by atoms with Gasteiger partial charge in [-0.1, -0.05) is 0 Å². The molecule has 0 atom stereocenters. The first-order chi connectivity index (χ1) is 8.84. The van der Waals surface area contributed by atoms with Crippen molar-refractivity contribution in [3.63, 3.8) is 0 Å². The molecule has 0 saturated carbocycles. The maximum atomic E-state index is 5.95. The van der Waals surface area contributed by atoms with Crippen LogP contribution in [0.1, 0.15) is 0 Å². The second-order valence-electron chi connectivity index (χ2n) is 3.66. The van der Waals surface area contributed by atoms with Gasteiger partial charge in [0.2, 0.25) is 0 Å². The van der Waals surface area contributed by atoms with Gasteiger partial charge in [0.05, 0.1) is 11.9 Å². The highest BCUT2D eigenvalue weighted by molar-refractivity contribution is 5.71. The lowest BCUT2D eigenvalue weighted by atomic mass is 10.2. The van der Waals surface area contributed by atoms with E-state index >= 15 is 0 Å². The first-order valence-corrected chi connectivity index (χ1v) is 5.37. The molecule has 0 spiro atoms. The van der Waals surface area contributed by atoms with E-state index in [4.69, 9.17) is 5.73 Å². The number of nitrogens with zero attached hydrogens (tertiary/aromatic N) is 5. The highest BCUT2D eigenvalue weighted by atomic mass is 15.3. The highest BCUT2D eigenvalue weighted by Gasteiger charge is 2.10. The summed E-state index contributed by atoms with van der Waals surface area (Å²) in [5.74, 6) is 0.490. The number of nitrogen functional groups attached to an aromatic ring is 1. The third-order valence-electron chi connectivity index (χ3n) is 2.45. The molecule has 6 nitrogen and oxygen atoms in total.